The molecular formula is C54H40N2Si. The number of rotatable bonds is 7. The minimum Gasteiger partial charge on any atom is -0.237 e. The first-order valence-electron chi connectivity index (χ1n) is 19.6. The van der Waals surface area contributed by atoms with Crippen LogP contribution in [0.5, 0.6) is 0 Å². The van der Waals surface area contributed by atoms with Crippen LogP contribution in [0, 0.1) is 0 Å². The molecule has 0 saturated carbocycles. The Bertz CT molecular complexity index is 2860. The first-order valence-corrected chi connectivity index (χ1v) is 22.6. The van der Waals surface area contributed by atoms with Crippen LogP contribution in [0.4, 0.5) is 0 Å². The Labute approximate surface area is 335 Å². The zero-order valence-electron chi connectivity index (χ0n) is 32.0. The smallest absolute Gasteiger partial charge is 0.159 e. The Morgan fingerprint density at radius 3 is 1.26 bits per heavy atom. The Morgan fingerprint density at radius 2 is 0.684 bits per heavy atom. The topological polar surface area (TPSA) is 25.8 Å². The molecule has 0 aliphatic carbocycles. The summed E-state index contributed by atoms with van der Waals surface area (Å²) in [5.41, 5.74) is 17.4. The monoisotopic (exact) mass is 744 g/mol. The standard InChI is InChI=1S/C54H40N2Si/c1-57(2)50-30-13-12-29-49(50)51-52(55-53(56-54(51)57)45-28-16-23-40(33-45)37-17-6-3-7-18-37)44-27-15-25-42(32-44)41-24-14-26-43(31-41)48-35-46(38-19-8-4-9-20-38)34-47(36-48)39-21-10-5-11-22-39/h3-36H,1-2H3. The van der Waals surface area contributed by atoms with Crippen molar-refractivity contribution in [3.8, 4) is 89.4 Å². The summed E-state index contributed by atoms with van der Waals surface area (Å²) in [5.74, 6) is 0.773. The lowest BCUT2D eigenvalue weighted by Crippen LogP contribution is -2.50. The second-order valence-corrected chi connectivity index (χ2v) is 19.7. The largest absolute Gasteiger partial charge is 0.237 e. The zero-order valence-corrected chi connectivity index (χ0v) is 33.0. The molecule has 0 fully saturated rings. The van der Waals surface area contributed by atoms with Gasteiger partial charge in [0.25, 0.3) is 0 Å². The van der Waals surface area contributed by atoms with Gasteiger partial charge in [-0.25, -0.2) is 9.97 Å². The molecule has 1 aliphatic heterocycles. The lowest BCUT2D eigenvalue weighted by molar-refractivity contribution is 1.21. The van der Waals surface area contributed by atoms with Gasteiger partial charge in [-0.1, -0.05) is 183 Å². The van der Waals surface area contributed by atoms with E-state index < -0.39 is 8.07 Å². The fraction of sp³-hybridized carbons (Fsp3) is 0.0370. The molecule has 2 nitrogen and oxygen atoms in total. The van der Waals surface area contributed by atoms with Gasteiger partial charge in [-0.2, -0.15) is 0 Å². The average Bonchev–Trinajstić information content (AvgIpc) is 3.52. The molecule has 0 spiro atoms. The Morgan fingerprint density at radius 1 is 0.316 bits per heavy atom. The van der Waals surface area contributed by atoms with Crippen molar-refractivity contribution in [3.05, 3.63) is 206 Å². The molecule has 10 rings (SSSR count). The number of nitrogens with zero attached hydrogens (tertiary/aromatic N) is 2. The minimum absolute atomic E-state index is 0.773. The van der Waals surface area contributed by atoms with E-state index in [1.54, 1.807) is 0 Å². The minimum atomic E-state index is -2.12. The van der Waals surface area contributed by atoms with Crippen LogP contribution in [0.25, 0.3) is 89.4 Å². The van der Waals surface area contributed by atoms with Gasteiger partial charge in [-0.05, 0) is 103 Å². The third-order valence-electron chi connectivity index (χ3n) is 11.4. The van der Waals surface area contributed by atoms with E-state index in [0.29, 0.717) is 0 Å². The molecule has 8 aromatic carbocycles. The van der Waals surface area contributed by atoms with Crippen LogP contribution in [0.3, 0.4) is 0 Å². The Kier molecular flexibility index (Phi) is 8.66. The SMILES string of the molecule is C[Si]1(C)c2ccccc2-c2c(-c3cccc(-c4cccc(-c5cc(-c6ccccc6)cc(-c6ccccc6)c5)c4)c3)nc(-c3cccc(-c4ccccc4)c3)nc21. The van der Waals surface area contributed by atoms with Gasteiger partial charge in [0.1, 0.15) is 8.07 Å². The molecule has 2 heterocycles. The molecule has 57 heavy (non-hydrogen) atoms. The molecule has 0 amide bonds. The van der Waals surface area contributed by atoms with Crippen molar-refractivity contribution < 1.29 is 0 Å². The molecule has 0 unspecified atom stereocenters. The summed E-state index contributed by atoms with van der Waals surface area (Å²) in [6.45, 7) is 4.85. The Hall–Kier alpha value is -6.94. The maximum Gasteiger partial charge on any atom is 0.159 e. The second kappa shape index (κ2) is 14.3. The number of hydrogen-bond acceptors (Lipinski definition) is 2. The highest BCUT2D eigenvalue weighted by molar-refractivity contribution is 7.03. The van der Waals surface area contributed by atoms with Crippen LogP contribution in [0.15, 0.2) is 206 Å². The highest BCUT2D eigenvalue weighted by Gasteiger charge is 2.41. The third kappa shape index (κ3) is 6.42. The van der Waals surface area contributed by atoms with Gasteiger partial charge >= 0.3 is 0 Å². The lowest BCUT2D eigenvalue weighted by Gasteiger charge is -2.19. The van der Waals surface area contributed by atoms with Crippen molar-refractivity contribution in [2.75, 3.05) is 0 Å². The van der Waals surface area contributed by atoms with E-state index in [4.69, 9.17) is 9.97 Å². The summed E-state index contributed by atoms with van der Waals surface area (Å²) in [6.07, 6.45) is 0. The van der Waals surface area contributed by atoms with Crippen molar-refractivity contribution in [3.63, 3.8) is 0 Å². The van der Waals surface area contributed by atoms with Crippen molar-refractivity contribution in [2.45, 2.75) is 13.1 Å². The van der Waals surface area contributed by atoms with Crippen molar-refractivity contribution in [2.24, 2.45) is 0 Å². The molecule has 0 radical (unpaired) electrons. The van der Waals surface area contributed by atoms with E-state index in [1.807, 2.05) is 0 Å². The van der Waals surface area contributed by atoms with Crippen molar-refractivity contribution in [1.82, 2.24) is 9.97 Å². The Balaban J connectivity index is 1.10. The van der Waals surface area contributed by atoms with Crippen LogP contribution in [0.1, 0.15) is 0 Å². The number of benzene rings is 8. The van der Waals surface area contributed by atoms with Gasteiger partial charge in [0.2, 0.25) is 0 Å². The maximum atomic E-state index is 5.47. The molecular weight excluding hydrogens is 705 g/mol. The van der Waals surface area contributed by atoms with E-state index >= 15 is 0 Å². The highest BCUT2D eigenvalue weighted by atomic mass is 28.3. The van der Waals surface area contributed by atoms with Gasteiger partial charge in [0.05, 0.1) is 5.69 Å². The van der Waals surface area contributed by atoms with E-state index in [-0.39, 0.29) is 0 Å². The van der Waals surface area contributed by atoms with Crippen molar-refractivity contribution >= 4 is 18.6 Å². The summed E-state index contributed by atoms with van der Waals surface area (Å²) >= 11 is 0. The van der Waals surface area contributed by atoms with E-state index in [9.17, 15) is 0 Å². The van der Waals surface area contributed by atoms with Crippen LogP contribution in [-0.2, 0) is 0 Å². The predicted molar refractivity (Wildman–Crippen MR) is 242 cm³/mol. The number of hydrogen-bond donors (Lipinski definition) is 0. The summed E-state index contributed by atoms with van der Waals surface area (Å²) in [6, 6.07) is 74.2. The first-order chi connectivity index (χ1) is 28.0. The van der Waals surface area contributed by atoms with Gasteiger partial charge in [0, 0.05) is 22.0 Å². The molecule has 0 saturated heterocycles. The number of aromatic nitrogens is 2. The molecule has 0 bridgehead atoms. The second-order valence-electron chi connectivity index (χ2n) is 15.4. The van der Waals surface area contributed by atoms with Crippen molar-refractivity contribution in [1.29, 1.82) is 0 Å². The van der Waals surface area contributed by atoms with Gasteiger partial charge in [-0.3, -0.25) is 0 Å². The molecule has 1 aliphatic rings. The molecule has 3 heteroatoms. The fourth-order valence-electron chi connectivity index (χ4n) is 8.46. The fourth-order valence-corrected chi connectivity index (χ4v) is 11.4. The van der Waals surface area contributed by atoms with Gasteiger partial charge < -0.3 is 0 Å². The van der Waals surface area contributed by atoms with Crippen LogP contribution in [0.2, 0.25) is 13.1 Å². The zero-order chi connectivity index (χ0) is 38.3. The predicted octanol–water partition coefficient (Wildman–Crippen LogP) is 12.9. The van der Waals surface area contributed by atoms with Crippen LogP contribution >= 0.6 is 0 Å². The normalized spacial score (nSPS) is 12.5. The van der Waals surface area contributed by atoms with Gasteiger partial charge in [-0.15, -0.1) is 0 Å². The lowest BCUT2D eigenvalue weighted by atomic mass is 9.91. The highest BCUT2D eigenvalue weighted by Crippen LogP contribution is 2.39. The van der Waals surface area contributed by atoms with Crippen LogP contribution < -0.4 is 10.5 Å². The summed E-state index contributed by atoms with van der Waals surface area (Å²) in [5, 5.41) is 2.62. The quantitative estimate of drug-likeness (QED) is 0.152. The average molecular weight is 745 g/mol. The molecule has 0 N–H and O–H groups in total. The summed E-state index contributed by atoms with van der Waals surface area (Å²) in [4.78, 5) is 10.9. The molecule has 0 atom stereocenters. The van der Waals surface area contributed by atoms with E-state index in [0.717, 1.165) is 39.3 Å². The molecule has 270 valence electrons. The summed E-state index contributed by atoms with van der Waals surface area (Å²) in [7, 11) is -2.12. The maximum absolute atomic E-state index is 5.47. The molecule has 1 aromatic heterocycles. The van der Waals surface area contributed by atoms with Gasteiger partial charge in [0.15, 0.2) is 5.82 Å². The third-order valence-corrected chi connectivity index (χ3v) is 14.7. The summed E-state index contributed by atoms with van der Waals surface area (Å²) < 4.78 is 0. The molecule has 9 aromatic rings. The van der Waals surface area contributed by atoms with Crippen LogP contribution in [-0.4, -0.2) is 18.0 Å². The van der Waals surface area contributed by atoms with E-state index in [2.05, 4.69) is 219 Å². The number of fused-ring (bicyclic) bond motifs is 3. The first kappa shape index (κ1) is 34.5. The van der Waals surface area contributed by atoms with E-state index in [1.165, 1.54) is 60.6 Å².